The molecule has 1 aromatic heterocycles. The molecule has 0 radical (unpaired) electrons. The van der Waals surface area contributed by atoms with Crippen LogP contribution in [0.15, 0.2) is 42.7 Å². The van der Waals surface area contributed by atoms with Crippen LogP contribution in [0.3, 0.4) is 0 Å². The molecule has 0 aliphatic rings. The van der Waals surface area contributed by atoms with E-state index in [9.17, 15) is 13.6 Å². The van der Waals surface area contributed by atoms with Crippen LogP contribution >= 0.6 is 0 Å². The molecule has 4 nitrogen and oxygen atoms in total. The Labute approximate surface area is 124 Å². The summed E-state index contributed by atoms with van der Waals surface area (Å²) in [7, 11) is 0. The SMILES string of the molecule is CC(OC(=O)c1cc2nc[nH]c2cc1F)c1cccc(F)c1. The zero-order valence-corrected chi connectivity index (χ0v) is 11.6. The Kier molecular flexibility index (Phi) is 3.58. The van der Waals surface area contributed by atoms with E-state index in [1.54, 1.807) is 13.0 Å². The number of ether oxygens (including phenoxy) is 1. The van der Waals surface area contributed by atoms with Crippen LogP contribution < -0.4 is 0 Å². The van der Waals surface area contributed by atoms with Gasteiger partial charge in [-0.1, -0.05) is 12.1 Å². The highest BCUT2D eigenvalue weighted by Crippen LogP contribution is 2.22. The van der Waals surface area contributed by atoms with Crippen LogP contribution in [-0.4, -0.2) is 15.9 Å². The maximum atomic E-state index is 14.0. The van der Waals surface area contributed by atoms with Gasteiger partial charge in [0.15, 0.2) is 0 Å². The molecule has 0 saturated carbocycles. The van der Waals surface area contributed by atoms with Crippen molar-refractivity contribution in [3.8, 4) is 0 Å². The molecular formula is C16H12F2N2O2. The van der Waals surface area contributed by atoms with Gasteiger partial charge in [0.1, 0.15) is 17.7 Å². The summed E-state index contributed by atoms with van der Waals surface area (Å²) >= 11 is 0. The molecule has 0 fully saturated rings. The Morgan fingerprint density at radius 2 is 2.09 bits per heavy atom. The minimum atomic E-state index is -0.820. The first-order valence-electron chi connectivity index (χ1n) is 6.63. The van der Waals surface area contributed by atoms with Crippen molar-refractivity contribution in [2.75, 3.05) is 0 Å². The molecule has 0 saturated heterocycles. The van der Waals surface area contributed by atoms with E-state index in [4.69, 9.17) is 4.74 Å². The molecule has 22 heavy (non-hydrogen) atoms. The number of aromatic nitrogens is 2. The topological polar surface area (TPSA) is 55.0 Å². The number of nitrogens with zero attached hydrogens (tertiary/aromatic N) is 1. The molecule has 0 bridgehead atoms. The van der Waals surface area contributed by atoms with E-state index in [1.807, 2.05) is 0 Å². The highest BCUT2D eigenvalue weighted by atomic mass is 19.1. The van der Waals surface area contributed by atoms with Gasteiger partial charge in [-0.25, -0.2) is 18.6 Å². The zero-order valence-electron chi connectivity index (χ0n) is 11.6. The second-order valence-corrected chi connectivity index (χ2v) is 4.85. The fourth-order valence-electron chi connectivity index (χ4n) is 2.16. The number of halogens is 2. The van der Waals surface area contributed by atoms with E-state index >= 15 is 0 Å². The maximum Gasteiger partial charge on any atom is 0.341 e. The third kappa shape index (κ3) is 2.67. The van der Waals surface area contributed by atoms with Crippen LogP contribution in [0.2, 0.25) is 0 Å². The smallest absolute Gasteiger partial charge is 0.341 e. The summed E-state index contributed by atoms with van der Waals surface area (Å²) in [5, 5.41) is 0. The van der Waals surface area contributed by atoms with Gasteiger partial charge in [0.25, 0.3) is 0 Å². The number of carbonyl (C=O) groups is 1. The van der Waals surface area contributed by atoms with Crippen LogP contribution in [0.5, 0.6) is 0 Å². The van der Waals surface area contributed by atoms with E-state index in [-0.39, 0.29) is 5.56 Å². The molecule has 0 spiro atoms. The van der Waals surface area contributed by atoms with Crippen LogP contribution in [0.1, 0.15) is 28.9 Å². The number of hydrogen-bond donors (Lipinski definition) is 1. The summed E-state index contributed by atoms with van der Waals surface area (Å²) in [4.78, 5) is 18.8. The molecule has 0 aliphatic carbocycles. The summed E-state index contributed by atoms with van der Waals surface area (Å²) in [6, 6.07) is 8.22. The monoisotopic (exact) mass is 302 g/mol. The van der Waals surface area contributed by atoms with E-state index in [1.165, 1.54) is 36.7 Å². The fourth-order valence-corrected chi connectivity index (χ4v) is 2.16. The number of aromatic amines is 1. The molecule has 2 aromatic carbocycles. The number of benzene rings is 2. The average Bonchev–Trinajstić information content (AvgIpc) is 2.93. The molecule has 0 amide bonds. The van der Waals surface area contributed by atoms with Crippen molar-refractivity contribution < 1.29 is 18.3 Å². The second-order valence-electron chi connectivity index (χ2n) is 4.85. The summed E-state index contributed by atoms with van der Waals surface area (Å²) in [5.41, 5.74) is 1.25. The number of esters is 1. The second kappa shape index (κ2) is 5.55. The lowest BCUT2D eigenvalue weighted by Gasteiger charge is -2.14. The fraction of sp³-hybridized carbons (Fsp3) is 0.125. The number of H-pyrrole nitrogens is 1. The minimum Gasteiger partial charge on any atom is -0.454 e. The van der Waals surface area contributed by atoms with Gasteiger partial charge >= 0.3 is 5.97 Å². The van der Waals surface area contributed by atoms with Crippen molar-refractivity contribution in [2.45, 2.75) is 13.0 Å². The van der Waals surface area contributed by atoms with E-state index in [0.717, 1.165) is 0 Å². The van der Waals surface area contributed by atoms with Crippen molar-refractivity contribution in [3.63, 3.8) is 0 Å². The predicted octanol–water partition coefficient (Wildman–Crippen LogP) is 3.76. The van der Waals surface area contributed by atoms with Crippen LogP contribution in [0, 0.1) is 11.6 Å². The van der Waals surface area contributed by atoms with Gasteiger partial charge in [0.2, 0.25) is 0 Å². The highest BCUT2D eigenvalue weighted by molar-refractivity contribution is 5.94. The van der Waals surface area contributed by atoms with Gasteiger partial charge in [-0.05, 0) is 30.7 Å². The first-order chi connectivity index (χ1) is 10.5. The van der Waals surface area contributed by atoms with Crippen molar-refractivity contribution in [1.29, 1.82) is 0 Å². The highest BCUT2D eigenvalue weighted by Gasteiger charge is 2.19. The van der Waals surface area contributed by atoms with E-state index in [2.05, 4.69) is 9.97 Å². The standard InChI is InChI=1S/C16H12F2N2O2/c1-9(10-3-2-4-11(17)5-10)22-16(21)12-6-14-15(7-13(12)18)20-8-19-14/h2-9H,1H3,(H,19,20). The number of imidazole rings is 1. The zero-order chi connectivity index (χ0) is 15.7. The molecule has 112 valence electrons. The molecule has 1 unspecified atom stereocenters. The largest absolute Gasteiger partial charge is 0.454 e. The van der Waals surface area contributed by atoms with Crippen molar-refractivity contribution >= 4 is 17.0 Å². The number of fused-ring (bicyclic) bond motifs is 1. The van der Waals surface area contributed by atoms with Crippen LogP contribution in [0.4, 0.5) is 8.78 Å². The molecule has 1 atom stereocenters. The molecule has 1 N–H and O–H groups in total. The van der Waals surface area contributed by atoms with Gasteiger partial charge in [-0.15, -0.1) is 0 Å². The number of rotatable bonds is 3. The Morgan fingerprint density at radius 1 is 1.27 bits per heavy atom. The molecule has 6 heteroatoms. The summed E-state index contributed by atoms with van der Waals surface area (Å²) < 4.78 is 32.3. The first-order valence-corrected chi connectivity index (χ1v) is 6.63. The molecule has 1 heterocycles. The van der Waals surface area contributed by atoms with E-state index in [0.29, 0.717) is 16.6 Å². The van der Waals surface area contributed by atoms with Gasteiger partial charge in [0.05, 0.1) is 22.9 Å². The maximum absolute atomic E-state index is 14.0. The van der Waals surface area contributed by atoms with Crippen LogP contribution in [-0.2, 0) is 4.74 Å². The van der Waals surface area contributed by atoms with E-state index < -0.39 is 23.7 Å². The Hall–Kier alpha value is -2.76. The van der Waals surface area contributed by atoms with Gasteiger partial charge in [0, 0.05) is 6.07 Å². The van der Waals surface area contributed by atoms with Gasteiger partial charge < -0.3 is 9.72 Å². The quantitative estimate of drug-likeness (QED) is 0.749. The minimum absolute atomic E-state index is 0.206. The Balaban J connectivity index is 1.85. The Bertz CT molecular complexity index is 845. The lowest BCUT2D eigenvalue weighted by Crippen LogP contribution is -2.11. The molecule has 3 rings (SSSR count). The van der Waals surface area contributed by atoms with Crippen molar-refractivity contribution in [1.82, 2.24) is 9.97 Å². The first kappa shape index (κ1) is 14.2. The number of nitrogens with one attached hydrogen (secondary N) is 1. The average molecular weight is 302 g/mol. The predicted molar refractivity (Wildman–Crippen MR) is 76.3 cm³/mol. The normalized spacial score (nSPS) is 12.3. The van der Waals surface area contributed by atoms with Crippen molar-refractivity contribution in [2.24, 2.45) is 0 Å². The molecular weight excluding hydrogens is 290 g/mol. The van der Waals surface area contributed by atoms with Crippen molar-refractivity contribution in [3.05, 3.63) is 65.5 Å². The number of hydrogen-bond acceptors (Lipinski definition) is 3. The third-order valence-corrected chi connectivity index (χ3v) is 3.33. The van der Waals surface area contributed by atoms with Crippen LogP contribution in [0.25, 0.3) is 11.0 Å². The number of carbonyl (C=O) groups excluding carboxylic acids is 1. The summed E-state index contributed by atoms with van der Waals surface area (Å²) in [6.45, 7) is 1.59. The Morgan fingerprint density at radius 3 is 2.86 bits per heavy atom. The van der Waals surface area contributed by atoms with Gasteiger partial charge in [-0.3, -0.25) is 0 Å². The molecule has 3 aromatic rings. The lowest BCUT2D eigenvalue weighted by atomic mass is 10.1. The lowest BCUT2D eigenvalue weighted by molar-refractivity contribution is 0.0332. The summed E-state index contributed by atoms with van der Waals surface area (Å²) in [6.07, 6.45) is 0.715. The third-order valence-electron chi connectivity index (χ3n) is 3.33. The summed E-state index contributed by atoms with van der Waals surface area (Å²) in [5.74, 6) is -1.95. The molecule has 0 aliphatic heterocycles. The van der Waals surface area contributed by atoms with Gasteiger partial charge in [-0.2, -0.15) is 0 Å².